The lowest BCUT2D eigenvalue weighted by molar-refractivity contribution is 0.111. The summed E-state index contributed by atoms with van der Waals surface area (Å²) in [5.74, 6) is 1.07. The van der Waals surface area contributed by atoms with E-state index in [1.165, 1.54) is 0 Å². The quantitative estimate of drug-likeness (QED) is 0.603. The summed E-state index contributed by atoms with van der Waals surface area (Å²) in [5.41, 5.74) is 1.26. The number of carbonyl (C=O) groups excluding carboxylic acids is 1. The van der Waals surface area contributed by atoms with Gasteiger partial charge in [0.05, 0.1) is 0 Å². The van der Waals surface area contributed by atoms with Crippen molar-refractivity contribution in [2.24, 2.45) is 0 Å². The first-order valence-electron chi connectivity index (χ1n) is 4.03. The Labute approximate surface area is 75.5 Å². The van der Waals surface area contributed by atoms with E-state index in [0.29, 0.717) is 36.8 Å². The predicted molar refractivity (Wildman–Crippen MR) is 45.4 cm³/mol. The molecule has 0 aliphatic carbocycles. The fourth-order valence-corrected chi connectivity index (χ4v) is 1.27. The number of fused-ring (bicyclic) bond motifs is 1. The van der Waals surface area contributed by atoms with Gasteiger partial charge in [-0.15, -0.1) is 0 Å². The maximum Gasteiger partial charge on any atom is 0.258 e. The molecule has 0 unspecified atom stereocenters. The van der Waals surface area contributed by atoms with E-state index in [9.17, 15) is 4.79 Å². The largest absolute Gasteiger partial charge is 0.484 e. The second-order valence-corrected chi connectivity index (χ2v) is 2.81. The van der Waals surface area contributed by atoms with Crippen LogP contribution in [-0.4, -0.2) is 24.5 Å². The van der Waals surface area contributed by atoms with Gasteiger partial charge in [-0.3, -0.25) is 4.79 Å². The average molecular weight is 179 g/mol. The van der Waals surface area contributed by atoms with E-state index in [0.717, 1.165) is 5.56 Å². The van der Waals surface area contributed by atoms with Crippen LogP contribution in [0.5, 0.6) is 11.6 Å². The Kier molecular flexibility index (Phi) is 1.88. The number of ether oxygens (including phenoxy) is 2. The van der Waals surface area contributed by atoms with Crippen LogP contribution in [0, 0.1) is 6.92 Å². The molecule has 1 aliphatic heterocycles. The van der Waals surface area contributed by atoms with Crippen LogP contribution in [0.4, 0.5) is 0 Å². The number of hydrogen-bond donors (Lipinski definition) is 0. The summed E-state index contributed by atoms with van der Waals surface area (Å²) in [6.07, 6.45) is 0.700. The fraction of sp³-hybridized carbons (Fsp3) is 0.333. The van der Waals surface area contributed by atoms with Crippen molar-refractivity contribution in [3.63, 3.8) is 0 Å². The van der Waals surface area contributed by atoms with Crippen LogP contribution in [0.1, 0.15) is 16.1 Å². The number of hydrogen-bond acceptors (Lipinski definition) is 4. The van der Waals surface area contributed by atoms with Gasteiger partial charge in [0, 0.05) is 0 Å². The Bertz CT molecular complexity index is 349. The van der Waals surface area contributed by atoms with Gasteiger partial charge in [-0.1, -0.05) is 0 Å². The molecule has 13 heavy (non-hydrogen) atoms. The van der Waals surface area contributed by atoms with E-state index in [1.807, 2.05) is 6.92 Å². The van der Waals surface area contributed by atoms with Crippen LogP contribution in [0.3, 0.4) is 0 Å². The van der Waals surface area contributed by atoms with E-state index in [1.54, 1.807) is 6.07 Å². The molecule has 2 rings (SSSR count). The third-order valence-corrected chi connectivity index (χ3v) is 1.84. The predicted octanol–water partition coefficient (Wildman–Crippen LogP) is 0.974. The van der Waals surface area contributed by atoms with Crippen LogP contribution in [-0.2, 0) is 0 Å². The molecule has 0 spiro atoms. The highest BCUT2D eigenvalue weighted by Gasteiger charge is 2.16. The number of rotatable bonds is 1. The van der Waals surface area contributed by atoms with Gasteiger partial charge in [0.1, 0.15) is 18.9 Å². The smallest absolute Gasteiger partial charge is 0.258 e. The number of aryl methyl sites for hydroxylation is 1. The molecule has 1 aromatic rings. The lowest BCUT2D eigenvalue weighted by Crippen LogP contribution is -2.17. The molecule has 0 saturated carbocycles. The van der Waals surface area contributed by atoms with Gasteiger partial charge in [0.25, 0.3) is 5.88 Å². The van der Waals surface area contributed by atoms with Crippen LogP contribution in [0.25, 0.3) is 0 Å². The highest BCUT2D eigenvalue weighted by atomic mass is 16.6. The topological polar surface area (TPSA) is 48.4 Å². The van der Waals surface area contributed by atoms with Crippen molar-refractivity contribution in [1.82, 2.24) is 4.98 Å². The first kappa shape index (κ1) is 8.04. The minimum Gasteiger partial charge on any atom is -0.484 e. The summed E-state index contributed by atoms with van der Waals surface area (Å²) in [6, 6.07) is 1.68. The first-order valence-corrected chi connectivity index (χ1v) is 4.03. The maximum atomic E-state index is 10.5. The van der Waals surface area contributed by atoms with Gasteiger partial charge in [-0.2, -0.15) is 0 Å². The SMILES string of the molecule is Cc1cc(C=O)nc2c1OCCO2. The normalized spacial score (nSPS) is 13.9. The van der Waals surface area contributed by atoms with Crippen LogP contribution in [0.15, 0.2) is 6.07 Å². The van der Waals surface area contributed by atoms with E-state index in [2.05, 4.69) is 4.98 Å². The van der Waals surface area contributed by atoms with Gasteiger partial charge in [-0.25, -0.2) is 4.98 Å². The third kappa shape index (κ3) is 1.35. The molecule has 0 saturated heterocycles. The van der Waals surface area contributed by atoms with E-state index < -0.39 is 0 Å². The number of aldehydes is 1. The molecule has 2 heterocycles. The lowest BCUT2D eigenvalue weighted by atomic mass is 10.2. The number of pyridine rings is 1. The molecule has 68 valence electrons. The molecule has 0 radical (unpaired) electrons. The van der Waals surface area contributed by atoms with Crippen LogP contribution >= 0.6 is 0 Å². The van der Waals surface area contributed by atoms with E-state index >= 15 is 0 Å². The summed E-state index contributed by atoms with van der Waals surface area (Å²) in [5, 5.41) is 0. The molecular weight excluding hydrogens is 170 g/mol. The highest BCUT2D eigenvalue weighted by molar-refractivity contribution is 5.73. The maximum absolute atomic E-state index is 10.5. The molecule has 1 aliphatic rings. The summed E-state index contributed by atoms with van der Waals surface area (Å²) in [7, 11) is 0. The highest BCUT2D eigenvalue weighted by Crippen LogP contribution is 2.31. The Morgan fingerprint density at radius 1 is 1.46 bits per heavy atom. The monoisotopic (exact) mass is 179 g/mol. The molecule has 0 amide bonds. The van der Waals surface area contributed by atoms with E-state index in [4.69, 9.17) is 9.47 Å². The van der Waals surface area contributed by atoms with Gasteiger partial charge >= 0.3 is 0 Å². The average Bonchev–Trinajstić information content (AvgIpc) is 2.18. The van der Waals surface area contributed by atoms with Crippen molar-refractivity contribution in [2.45, 2.75) is 6.92 Å². The Balaban J connectivity index is 2.52. The van der Waals surface area contributed by atoms with Crippen molar-refractivity contribution in [3.05, 3.63) is 17.3 Å². The first-order chi connectivity index (χ1) is 6.31. The van der Waals surface area contributed by atoms with Gasteiger partial charge in [0.2, 0.25) is 0 Å². The van der Waals surface area contributed by atoms with Crippen LogP contribution < -0.4 is 9.47 Å². The summed E-state index contributed by atoms with van der Waals surface area (Å²) in [6.45, 7) is 2.89. The fourth-order valence-electron chi connectivity index (χ4n) is 1.27. The third-order valence-electron chi connectivity index (χ3n) is 1.84. The van der Waals surface area contributed by atoms with Crippen molar-refractivity contribution < 1.29 is 14.3 Å². The number of nitrogens with zero attached hydrogens (tertiary/aromatic N) is 1. The molecular formula is C9H9NO3. The van der Waals surface area contributed by atoms with Crippen molar-refractivity contribution in [3.8, 4) is 11.6 Å². The van der Waals surface area contributed by atoms with Gasteiger partial charge in [0.15, 0.2) is 12.0 Å². The molecule has 4 nitrogen and oxygen atoms in total. The van der Waals surface area contributed by atoms with Crippen molar-refractivity contribution in [2.75, 3.05) is 13.2 Å². The minimum atomic E-state index is 0.377. The van der Waals surface area contributed by atoms with Crippen LogP contribution in [0.2, 0.25) is 0 Å². The Morgan fingerprint density at radius 2 is 2.23 bits per heavy atom. The number of carbonyl (C=O) groups is 1. The Hall–Kier alpha value is -1.58. The van der Waals surface area contributed by atoms with Gasteiger partial charge in [-0.05, 0) is 18.6 Å². The zero-order valence-corrected chi connectivity index (χ0v) is 7.24. The minimum absolute atomic E-state index is 0.377. The molecule has 1 aromatic heterocycles. The standard InChI is InChI=1S/C9H9NO3/c1-6-4-7(5-11)10-9-8(6)12-2-3-13-9/h4-5H,2-3H2,1H3. The second kappa shape index (κ2) is 3.05. The second-order valence-electron chi connectivity index (χ2n) is 2.81. The molecule has 0 aromatic carbocycles. The van der Waals surface area contributed by atoms with Crippen molar-refractivity contribution >= 4 is 6.29 Å². The summed E-state index contributed by atoms with van der Waals surface area (Å²) < 4.78 is 10.6. The van der Waals surface area contributed by atoms with Crippen molar-refractivity contribution in [1.29, 1.82) is 0 Å². The summed E-state index contributed by atoms with van der Waals surface area (Å²) >= 11 is 0. The van der Waals surface area contributed by atoms with E-state index in [-0.39, 0.29) is 0 Å². The molecule has 0 N–H and O–H groups in total. The lowest BCUT2D eigenvalue weighted by Gasteiger charge is -2.18. The number of aromatic nitrogens is 1. The molecule has 0 bridgehead atoms. The summed E-state index contributed by atoms with van der Waals surface area (Å²) in [4.78, 5) is 14.5. The molecule has 0 fully saturated rings. The Morgan fingerprint density at radius 3 is 3.00 bits per heavy atom. The molecule has 0 atom stereocenters. The zero-order valence-electron chi connectivity index (χ0n) is 7.24. The zero-order chi connectivity index (χ0) is 9.26. The van der Waals surface area contributed by atoms with Gasteiger partial charge < -0.3 is 9.47 Å². The molecule has 4 heteroatoms.